The molecule has 0 aliphatic carbocycles. The molecule has 0 radical (unpaired) electrons. The largest absolute Gasteiger partial charge is 0.484 e. The van der Waals surface area contributed by atoms with E-state index in [4.69, 9.17) is 0 Å². The standard InChI is InChI=1S/C15H19F3N2O2/c1-10-8-11(6-7-19-10)14(21)20-12-2-4-13(5-3-12)22-9-15(16,17)18/h2-5,10-11,19H,6-9H2,1H3,(H,20,21)/t10-,11-/m0/s1. The molecular formula is C15H19F3N2O2. The normalized spacial score (nSPS) is 22.2. The lowest BCUT2D eigenvalue weighted by Crippen LogP contribution is -2.40. The van der Waals surface area contributed by atoms with Crippen molar-refractivity contribution in [3.05, 3.63) is 24.3 Å². The van der Waals surface area contributed by atoms with Gasteiger partial charge in [0.25, 0.3) is 0 Å². The third kappa shape index (κ3) is 5.22. The van der Waals surface area contributed by atoms with Gasteiger partial charge in [-0.2, -0.15) is 13.2 Å². The molecule has 1 aliphatic rings. The number of hydrogen-bond donors (Lipinski definition) is 2. The van der Waals surface area contributed by atoms with E-state index in [9.17, 15) is 18.0 Å². The van der Waals surface area contributed by atoms with Crippen molar-refractivity contribution in [2.45, 2.75) is 32.0 Å². The van der Waals surface area contributed by atoms with Crippen LogP contribution in [0.15, 0.2) is 24.3 Å². The molecule has 1 aliphatic heterocycles. The van der Waals surface area contributed by atoms with Crippen LogP contribution in [0.2, 0.25) is 0 Å². The van der Waals surface area contributed by atoms with Gasteiger partial charge in [0, 0.05) is 17.6 Å². The lowest BCUT2D eigenvalue weighted by Gasteiger charge is -2.27. The van der Waals surface area contributed by atoms with Gasteiger partial charge in [0.05, 0.1) is 0 Å². The van der Waals surface area contributed by atoms with Crippen LogP contribution in [-0.4, -0.2) is 31.3 Å². The number of piperidine rings is 1. The zero-order valence-corrected chi connectivity index (χ0v) is 12.2. The van der Waals surface area contributed by atoms with Crippen LogP contribution in [0, 0.1) is 5.92 Å². The molecule has 1 aromatic rings. The summed E-state index contributed by atoms with van der Waals surface area (Å²) < 4.78 is 40.7. The van der Waals surface area contributed by atoms with Crippen molar-refractivity contribution in [3.63, 3.8) is 0 Å². The first-order chi connectivity index (χ1) is 10.3. The summed E-state index contributed by atoms with van der Waals surface area (Å²) in [5.41, 5.74) is 0.551. The Bertz CT molecular complexity index is 503. The van der Waals surface area contributed by atoms with Crippen LogP contribution in [0.4, 0.5) is 18.9 Å². The number of ether oxygens (including phenoxy) is 1. The van der Waals surface area contributed by atoms with Crippen LogP contribution >= 0.6 is 0 Å². The SMILES string of the molecule is C[C@H]1C[C@@H](C(=O)Nc2ccc(OCC(F)(F)F)cc2)CCN1. The zero-order chi connectivity index (χ0) is 16.2. The summed E-state index contributed by atoms with van der Waals surface area (Å²) in [6.45, 7) is 1.52. The summed E-state index contributed by atoms with van der Waals surface area (Å²) in [7, 11) is 0. The maximum Gasteiger partial charge on any atom is 0.422 e. The van der Waals surface area contributed by atoms with Gasteiger partial charge in [0.15, 0.2) is 6.61 Å². The topological polar surface area (TPSA) is 50.4 Å². The Morgan fingerprint density at radius 1 is 1.36 bits per heavy atom. The van der Waals surface area contributed by atoms with Crippen LogP contribution in [0.5, 0.6) is 5.75 Å². The van der Waals surface area contributed by atoms with E-state index in [1.54, 1.807) is 0 Å². The number of rotatable bonds is 4. The minimum Gasteiger partial charge on any atom is -0.484 e. The van der Waals surface area contributed by atoms with Gasteiger partial charge >= 0.3 is 6.18 Å². The van der Waals surface area contributed by atoms with E-state index in [-0.39, 0.29) is 17.6 Å². The fourth-order valence-electron chi connectivity index (χ4n) is 2.41. The van der Waals surface area contributed by atoms with Crippen LogP contribution in [0.25, 0.3) is 0 Å². The second-order valence-electron chi connectivity index (χ2n) is 5.49. The van der Waals surface area contributed by atoms with Gasteiger partial charge in [-0.05, 0) is 50.6 Å². The molecule has 0 unspecified atom stereocenters. The molecule has 1 amide bonds. The van der Waals surface area contributed by atoms with E-state index in [0.717, 1.165) is 19.4 Å². The summed E-state index contributed by atoms with van der Waals surface area (Å²) in [4.78, 5) is 12.1. The van der Waals surface area contributed by atoms with Crippen molar-refractivity contribution in [1.29, 1.82) is 0 Å². The number of carbonyl (C=O) groups is 1. The van der Waals surface area contributed by atoms with Gasteiger partial charge < -0.3 is 15.4 Å². The van der Waals surface area contributed by atoms with E-state index in [1.165, 1.54) is 24.3 Å². The predicted molar refractivity (Wildman–Crippen MR) is 76.8 cm³/mol. The lowest BCUT2D eigenvalue weighted by molar-refractivity contribution is -0.153. The average molecular weight is 316 g/mol. The fraction of sp³-hybridized carbons (Fsp3) is 0.533. The second-order valence-corrected chi connectivity index (χ2v) is 5.49. The van der Waals surface area contributed by atoms with Crippen LogP contribution < -0.4 is 15.4 Å². The van der Waals surface area contributed by atoms with Crippen LogP contribution in [-0.2, 0) is 4.79 Å². The molecular weight excluding hydrogens is 297 g/mol. The van der Waals surface area contributed by atoms with Gasteiger partial charge in [-0.3, -0.25) is 4.79 Å². The summed E-state index contributed by atoms with van der Waals surface area (Å²) in [6.07, 6.45) is -2.81. The highest BCUT2D eigenvalue weighted by Gasteiger charge is 2.28. The highest BCUT2D eigenvalue weighted by molar-refractivity contribution is 5.92. The van der Waals surface area contributed by atoms with Crippen LogP contribution in [0.3, 0.4) is 0 Å². The molecule has 2 N–H and O–H groups in total. The average Bonchev–Trinajstić information content (AvgIpc) is 2.46. The van der Waals surface area contributed by atoms with Crippen molar-refractivity contribution in [1.82, 2.24) is 5.32 Å². The third-order valence-electron chi connectivity index (χ3n) is 3.52. The number of amides is 1. The number of alkyl halides is 3. The molecule has 2 rings (SSSR count). The number of anilines is 1. The molecule has 1 fully saturated rings. The molecule has 0 aromatic heterocycles. The molecule has 1 saturated heterocycles. The smallest absolute Gasteiger partial charge is 0.422 e. The van der Waals surface area contributed by atoms with Crippen molar-refractivity contribution in [3.8, 4) is 5.75 Å². The Morgan fingerprint density at radius 3 is 2.64 bits per heavy atom. The molecule has 1 heterocycles. The summed E-state index contributed by atoms with van der Waals surface area (Å²) in [5.74, 6) is 0.0144. The predicted octanol–water partition coefficient (Wildman–Crippen LogP) is 2.95. The van der Waals surface area contributed by atoms with Crippen molar-refractivity contribution in [2.75, 3.05) is 18.5 Å². The molecule has 4 nitrogen and oxygen atoms in total. The first kappa shape index (κ1) is 16.6. The van der Waals surface area contributed by atoms with E-state index in [1.807, 2.05) is 6.92 Å². The molecule has 122 valence electrons. The first-order valence-corrected chi connectivity index (χ1v) is 7.17. The number of nitrogens with one attached hydrogen (secondary N) is 2. The Kier molecular flexibility index (Phi) is 5.28. The van der Waals surface area contributed by atoms with E-state index in [0.29, 0.717) is 11.7 Å². The van der Waals surface area contributed by atoms with Crippen molar-refractivity contribution < 1.29 is 22.7 Å². The van der Waals surface area contributed by atoms with E-state index < -0.39 is 12.8 Å². The van der Waals surface area contributed by atoms with E-state index >= 15 is 0 Å². The zero-order valence-electron chi connectivity index (χ0n) is 12.2. The van der Waals surface area contributed by atoms with Gasteiger partial charge in [-0.25, -0.2) is 0 Å². The Labute approximate surface area is 127 Å². The minimum absolute atomic E-state index is 0.0441. The Morgan fingerprint density at radius 2 is 2.05 bits per heavy atom. The Balaban J connectivity index is 1.86. The monoisotopic (exact) mass is 316 g/mol. The van der Waals surface area contributed by atoms with Crippen LogP contribution in [0.1, 0.15) is 19.8 Å². The third-order valence-corrected chi connectivity index (χ3v) is 3.52. The number of halogens is 3. The summed E-state index contributed by atoms with van der Waals surface area (Å²) in [6, 6.07) is 6.20. The molecule has 2 atom stereocenters. The van der Waals surface area contributed by atoms with Gasteiger partial charge in [-0.1, -0.05) is 0 Å². The maximum absolute atomic E-state index is 12.1. The van der Waals surface area contributed by atoms with Gasteiger partial charge in [0.1, 0.15) is 5.75 Å². The highest BCUT2D eigenvalue weighted by Crippen LogP contribution is 2.22. The molecule has 7 heteroatoms. The molecule has 0 spiro atoms. The minimum atomic E-state index is -4.36. The quantitative estimate of drug-likeness (QED) is 0.898. The maximum atomic E-state index is 12.1. The van der Waals surface area contributed by atoms with Gasteiger partial charge in [0.2, 0.25) is 5.91 Å². The number of hydrogen-bond acceptors (Lipinski definition) is 3. The molecule has 1 aromatic carbocycles. The highest BCUT2D eigenvalue weighted by atomic mass is 19.4. The number of benzene rings is 1. The number of carbonyl (C=O) groups excluding carboxylic acids is 1. The molecule has 0 saturated carbocycles. The van der Waals surface area contributed by atoms with Gasteiger partial charge in [-0.15, -0.1) is 0 Å². The van der Waals surface area contributed by atoms with Crippen molar-refractivity contribution >= 4 is 11.6 Å². The first-order valence-electron chi connectivity index (χ1n) is 7.17. The fourth-order valence-corrected chi connectivity index (χ4v) is 2.41. The van der Waals surface area contributed by atoms with Crippen molar-refractivity contribution in [2.24, 2.45) is 5.92 Å². The Hall–Kier alpha value is -1.76. The lowest BCUT2D eigenvalue weighted by atomic mass is 9.92. The second kappa shape index (κ2) is 7.00. The molecule has 0 bridgehead atoms. The summed E-state index contributed by atoms with van der Waals surface area (Å²) in [5, 5.41) is 6.06. The molecule has 22 heavy (non-hydrogen) atoms. The summed E-state index contributed by atoms with van der Waals surface area (Å²) >= 11 is 0. The van der Waals surface area contributed by atoms with E-state index in [2.05, 4.69) is 15.4 Å².